The lowest BCUT2D eigenvalue weighted by Crippen LogP contribution is -2.51. The molecule has 124 valence electrons. The van der Waals surface area contributed by atoms with Crippen LogP contribution in [0.15, 0.2) is 54.6 Å². The second-order valence-corrected chi connectivity index (χ2v) is 5.82. The molecule has 24 heavy (non-hydrogen) atoms. The van der Waals surface area contributed by atoms with E-state index < -0.39 is 23.2 Å². The Balaban J connectivity index is 2.03. The van der Waals surface area contributed by atoms with Crippen molar-refractivity contribution in [1.29, 1.82) is 0 Å². The lowest BCUT2D eigenvalue weighted by atomic mass is 9.88. The SMILES string of the molecule is C[C@H](C#Cc1ccccc1F)[C@](C)(N)C(=O)OCc1ccccc1. The van der Waals surface area contributed by atoms with Gasteiger partial charge in [-0.2, -0.15) is 0 Å². The number of esters is 1. The summed E-state index contributed by atoms with van der Waals surface area (Å²) in [7, 11) is 0. The molecule has 0 amide bonds. The minimum atomic E-state index is -1.28. The zero-order valence-electron chi connectivity index (χ0n) is 13.8. The molecule has 0 fully saturated rings. The molecule has 0 heterocycles. The van der Waals surface area contributed by atoms with Crippen LogP contribution in [-0.2, 0) is 16.1 Å². The van der Waals surface area contributed by atoms with E-state index >= 15 is 0 Å². The first-order chi connectivity index (χ1) is 11.4. The van der Waals surface area contributed by atoms with Crippen molar-refractivity contribution in [3.8, 4) is 11.8 Å². The van der Waals surface area contributed by atoms with E-state index in [1.165, 1.54) is 6.07 Å². The molecule has 0 aromatic heterocycles. The Labute approximate surface area is 141 Å². The van der Waals surface area contributed by atoms with Crippen LogP contribution in [0, 0.1) is 23.6 Å². The van der Waals surface area contributed by atoms with Crippen molar-refractivity contribution in [1.82, 2.24) is 0 Å². The van der Waals surface area contributed by atoms with Crippen LogP contribution in [0.4, 0.5) is 4.39 Å². The molecule has 4 heteroatoms. The van der Waals surface area contributed by atoms with Gasteiger partial charge < -0.3 is 10.5 Å². The number of carbonyl (C=O) groups excluding carboxylic acids is 1. The number of carbonyl (C=O) groups is 1. The second kappa shape index (κ2) is 7.76. The fraction of sp³-hybridized carbons (Fsp3) is 0.250. The van der Waals surface area contributed by atoms with Gasteiger partial charge in [0.05, 0.1) is 5.56 Å². The molecule has 0 aliphatic heterocycles. The van der Waals surface area contributed by atoms with Crippen LogP contribution in [-0.4, -0.2) is 11.5 Å². The van der Waals surface area contributed by atoms with E-state index in [4.69, 9.17) is 10.5 Å². The minimum absolute atomic E-state index is 0.153. The van der Waals surface area contributed by atoms with Crippen molar-refractivity contribution in [2.24, 2.45) is 11.7 Å². The van der Waals surface area contributed by atoms with Crippen molar-refractivity contribution < 1.29 is 13.9 Å². The van der Waals surface area contributed by atoms with Crippen molar-refractivity contribution in [2.75, 3.05) is 0 Å². The average Bonchev–Trinajstić information content (AvgIpc) is 2.59. The molecule has 2 N–H and O–H groups in total. The van der Waals surface area contributed by atoms with Crippen LogP contribution in [0.25, 0.3) is 0 Å². The molecule has 0 radical (unpaired) electrons. The van der Waals surface area contributed by atoms with Gasteiger partial charge in [0.25, 0.3) is 0 Å². The summed E-state index contributed by atoms with van der Waals surface area (Å²) in [6.45, 7) is 3.44. The third-order valence-corrected chi connectivity index (χ3v) is 3.85. The first-order valence-electron chi connectivity index (χ1n) is 7.67. The summed E-state index contributed by atoms with van der Waals surface area (Å²) < 4.78 is 18.9. The highest BCUT2D eigenvalue weighted by atomic mass is 19.1. The Morgan fingerprint density at radius 2 is 1.83 bits per heavy atom. The third-order valence-electron chi connectivity index (χ3n) is 3.85. The minimum Gasteiger partial charge on any atom is -0.459 e. The molecule has 0 bridgehead atoms. The summed E-state index contributed by atoms with van der Waals surface area (Å²) in [6.07, 6.45) is 0. The zero-order chi connectivity index (χ0) is 17.6. The Kier molecular flexibility index (Phi) is 5.73. The highest BCUT2D eigenvalue weighted by molar-refractivity contribution is 5.81. The smallest absolute Gasteiger partial charge is 0.327 e. The second-order valence-electron chi connectivity index (χ2n) is 5.82. The summed E-state index contributed by atoms with van der Waals surface area (Å²) in [5.41, 5.74) is 5.97. The van der Waals surface area contributed by atoms with Gasteiger partial charge in [0.2, 0.25) is 0 Å². The van der Waals surface area contributed by atoms with Gasteiger partial charge in [-0.25, -0.2) is 4.39 Å². The molecule has 2 aromatic rings. The van der Waals surface area contributed by atoms with Gasteiger partial charge in [-0.15, -0.1) is 0 Å². The highest BCUT2D eigenvalue weighted by Crippen LogP contribution is 2.17. The van der Waals surface area contributed by atoms with Crippen LogP contribution in [0.1, 0.15) is 25.0 Å². The summed E-state index contributed by atoms with van der Waals surface area (Å²) in [4.78, 5) is 12.3. The maximum absolute atomic E-state index is 13.6. The van der Waals surface area contributed by atoms with Crippen LogP contribution < -0.4 is 5.73 Å². The number of hydrogen-bond donors (Lipinski definition) is 1. The molecule has 0 saturated carbocycles. The normalized spacial score (nSPS) is 14.0. The van der Waals surface area contributed by atoms with Crippen molar-refractivity contribution in [3.63, 3.8) is 0 Å². The van der Waals surface area contributed by atoms with Crippen LogP contribution in [0.2, 0.25) is 0 Å². The summed E-state index contributed by atoms with van der Waals surface area (Å²) in [5, 5.41) is 0. The van der Waals surface area contributed by atoms with Gasteiger partial charge in [0.1, 0.15) is 18.0 Å². The molecule has 3 nitrogen and oxygen atoms in total. The lowest BCUT2D eigenvalue weighted by Gasteiger charge is -2.25. The number of benzene rings is 2. The molecule has 0 aliphatic rings. The Morgan fingerprint density at radius 3 is 2.50 bits per heavy atom. The molecule has 0 saturated heterocycles. The maximum Gasteiger partial charge on any atom is 0.327 e. The highest BCUT2D eigenvalue weighted by Gasteiger charge is 2.35. The van der Waals surface area contributed by atoms with Crippen molar-refractivity contribution >= 4 is 5.97 Å². The summed E-state index contributed by atoms with van der Waals surface area (Å²) in [6, 6.07) is 15.6. The van der Waals surface area contributed by atoms with Gasteiger partial charge in [-0.3, -0.25) is 4.79 Å². The van der Waals surface area contributed by atoms with E-state index in [2.05, 4.69) is 11.8 Å². The van der Waals surface area contributed by atoms with Gasteiger partial charge in [-0.05, 0) is 31.5 Å². The number of hydrogen-bond acceptors (Lipinski definition) is 3. The maximum atomic E-state index is 13.6. The first-order valence-corrected chi connectivity index (χ1v) is 7.67. The van der Waals surface area contributed by atoms with Gasteiger partial charge >= 0.3 is 5.97 Å². The molecule has 0 spiro atoms. The molecular formula is C20H20FNO2. The quantitative estimate of drug-likeness (QED) is 0.693. The Morgan fingerprint density at radius 1 is 1.21 bits per heavy atom. The molecule has 2 rings (SSSR count). The van der Waals surface area contributed by atoms with E-state index in [0.29, 0.717) is 0 Å². The third kappa shape index (κ3) is 4.43. The van der Waals surface area contributed by atoms with Crippen molar-refractivity contribution in [3.05, 3.63) is 71.5 Å². The molecular weight excluding hydrogens is 305 g/mol. The molecule has 0 aliphatic carbocycles. The Bertz CT molecular complexity index is 760. The zero-order valence-corrected chi connectivity index (χ0v) is 13.8. The van der Waals surface area contributed by atoms with Crippen LogP contribution >= 0.6 is 0 Å². The van der Waals surface area contributed by atoms with E-state index in [0.717, 1.165) is 5.56 Å². The predicted octanol–water partition coefficient (Wildman–Crippen LogP) is 3.27. The molecule has 2 atom stereocenters. The van der Waals surface area contributed by atoms with Crippen LogP contribution in [0.5, 0.6) is 0 Å². The fourth-order valence-corrected chi connectivity index (χ4v) is 1.95. The molecule has 2 aromatic carbocycles. The predicted molar refractivity (Wildman–Crippen MR) is 91.3 cm³/mol. The van der Waals surface area contributed by atoms with E-state index in [-0.39, 0.29) is 12.2 Å². The number of nitrogens with two attached hydrogens (primary N) is 1. The summed E-state index contributed by atoms with van der Waals surface area (Å²) >= 11 is 0. The van der Waals surface area contributed by atoms with E-state index in [1.807, 2.05) is 30.3 Å². The average molecular weight is 325 g/mol. The van der Waals surface area contributed by atoms with Crippen LogP contribution in [0.3, 0.4) is 0 Å². The van der Waals surface area contributed by atoms with Gasteiger partial charge in [-0.1, -0.05) is 54.3 Å². The van der Waals surface area contributed by atoms with E-state index in [1.54, 1.807) is 32.0 Å². The number of rotatable bonds is 4. The summed E-state index contributed by atoms with van der Waals surface area (Å²) in [5.74, 6) is 4.14. The van der Waals surface area contributed by atoms with Gasteiger partial charge in [0, 0.05) is 5.92 Å². The van der Waals surface area contributed by atoms with Crippen molar-refractivity contribution in [2.45, 2.75) is 26.0 Å². The molecule has 0 unspecified atom stereocenters. The van der Waals surface area contributed by atoms with Gasteiger partial charge in [0.15, 0.2) is 0 Å². The standard InChI is InChI=1S/C20H20FNO2/c1-15(12-13-17-10-6-7-11-18(17)21)20(2,22)19(23)24-14-16-8-4-3-5-9-16/h3-11,15H,14,22H2,1-2H3/t15-,20+/m1/s1. The number of halogens is 1. The fourth-order valence-electron chi connectivity index (χ4n) is 1.95. The largest absolute Gasteiger partial charge is 0.459 e. The number of ether oxygens (including phenoxy) is 1. The monoisotopic (exact) mass is 325 g/mol. The van der Waals surface area contributed by atoms with E-state index in [9.17, 15) is 9.18 Å². The topological polar surface area (TPSA) is 52.3 Å². The Hall–Kier alpha value is -2.64. The lowest BCUT2D eigenvalue weighted by molar-refractivity contribution is -0.152. The first kappa shape index (κ1) is 17.7.